The zero-order valence-corrected chi connectivity index (χ0v) is 7.93. The van der Waals surface area contributed by atoms with Crippen LogP contribution in [0.25, 0.3) is 5.69 Å². The second kappa shape index (κ2) is 3.45. The van der Waals surface area contributed by atoms with Crippen LogP contribution in [0.1, 0.15) is 5.82 Å². The molecule has 0 saturated carbocycles. The average molecular weight is 189 g/mol. The van der Waals surface area contributed by atoms with Gasteiger partial charge in [0, 0.05) is 6.07 Å². The molecule has 1 radical (unpaired) electrons. The van der Waals surface area contributed by atoms with Crippen molar-refractivity contribution in [2.75, 3.05) is 7.11 Å². The van der Waals surface area contributed by atoms with Crippen molar-refractivity contribution in [3.05, 3.63) is 30.1 Å². The molecule has 2 rings (SSSR count). The second-order valence-electron chi connectivity index (χ2n) is 2.75. The van der Waals surface area contributed by atoms with Gasteiger partial charge in [-0.1, -0.05) is 0 Å². The number of hydrogen-bond acceptors (Lipinski definition) is 4. The van der Waals surface area contributed by atoms with Gasteiger partial charge in [0.2, 0.25) is 0 Å². The van der Waals surface area contributed by atoms with Crippen LogP contribution in [0.4, 0.5) is 0 Å². The Hall–Kier alpha value is -1.91. The lowest BCUT2D eigenvalue weighted by atomic mass is 10.3. The van der Waals surface area contributed by atoms with Crippen LogP contribution >= 0.6 is 0 Å². The Kier molecular flexibility index (Phi) is 2.14. The summed E-state index contributed by atoms with van der Waals surface area (Å²) in [5.41, 5.74) is 0.869. The molecule has 1 heterocycles. The molecule has 5 nitrogen and oxygen atoms in total. The molecule has 0 aliphatic carbocycles. The van der Waals surface area contributed by atoms with Crippen molar-refractivity contribution >= 4 is 0 Å². The number of aryl methyl sites for hydroxylation is 1. The van der Waals surface area contributed by atoms with Crippen molar-refractivity contribution in [3.8, 4) is 11.4 Å². The van der Waals surface area contributed by atoms with Crippen LogP contribution in [-0.4, -0.2) is 27.3 Å². The number of rotatable bonds is 2. The molecular formula is C9H9N4O. The van der Waals surface area contributed by atoms with E-state index < -0.39 is 0 Å². The van der Waals surface area contributed by atoms with Gasteiger partial charge in [-0.25, -0.2) is 0 Å². The Balaban J connectivity index is 2.39. The number of methoxy groups -OCH3 is 1. The highest BCUT2D eigenvalue weighted by Crippen LogP contribution is 2.13. The van der Waals surface area contributed by atoms with Gasteiger partial charge in [-0.05, 0) is 35.5 Å². The van der Waals surface area contributed by atoms with Crippen LogP contribution < -0.4 is 4.74 Å². The molecule has 0 amide bonds. The maximum absolute atomic E-state index is 5.00. The Morgan fingerprint density at radius 2 is 2.29 bits per heavy atom. The van der Waals surface area contributed by atoms with E-state index in [2.05, 4.69) is 21.6 Å². The number of ether oxygens (including phenoxy) is 1. The number of aromatic nitrogens is 4. The van der Waals surface area contributed by atoms with Gasteiger partial charge in [-0.3, -0.25) is 0 Å². The Morgan fingerprint density at radius 1 is 1.43 bits per heavy atom. The number of benzene rings is 1. The molecule has 2 aromatic rings. The lowest BCUT2D eigenvalue weighted by Crippen LogP contribution is -1.99. The van der Waals surface area contributed by atoms with Crippen LogP contribution in [0.15, 0.2) is 18.2 Å². The monoisotopic (exact) mass is 189 g/mol. The molecule has 14 heavy (non-hydrogen) atoms. The number of nitrogens with zero attached hydrogens (tertiary/aromatic N) is 4. The predicted octanol–water partition coefficient (Wildman–Crippen LogP) is 0.780. The molecule has 0 spiro atoms. The van der Waals surface area contributed by atoms with Crippen molar-refractivity contribution < 1.29 is 4.74 Å². The van der Waals surface area contributed by atoms with Crippen LogP contribution in [0.5, 0.6) is 5.75 Å². The topological polar surface area (TPSA) is 52.8 Å². The molecule has 0 unspecified atom stereocenters. The smallest absolute Gasteiger partial charge is 0.153 e. The van der Waals surface area contributed by atoms with Crippen molar-refractivity contribution in [1.82, 2.24) is 20.2 Å². The minimum Gasteiger partial charge on any atom is -0.496 e. The zero-order valence-electron chi connectivity index (χ0n) is 7.93. The first kappa shape index (κ1) is 8.68. The fraction of sp³-hybridized carbons (Fsp3) is 0.222. The van der Waals surface area contributed by atoms with Crippen molar-refractivity contribution in [2.24, 2.45) is 0 Å². The fourth-order valence-electron chi connectivity index (χ4n) is 1.13. The molecule has 0 atom stereocenters. The van der Waals surface area contributed by atoms with E-state index in [4.69, 9.17) is 4.74 Å². The molecule has 0 N–H and O–H groups in total. The second-order valence-corrected chi connectivity index (χ2v) is 2.75. The lowest BCUT2D eigenvalue weighted by molar-refractivity contribution is 0.414. The quantitative estimate of drug-likeness (QED) is 0.700. The third-order valence-corrected chi connectivity index (χ3v) is 1.86. The third-order valence-electron chi connectivity index (χ3n) is 1.86. The summed E-state index contributed by atoms with van der Waals surface area (Å²) >= 11 is 0. The van der Waals surface area contributed by atoms with E-state index in [1.54, 1.807) is 17.9 Å². The molecule has 1 aromatic heterocycles. The third kappa shape index (κ3) is 1.44. The zero-order chi connectivity index (χ0) is 9.97. The Labute approximate surface area is 81.3 Å². The normalized spacial score (nSPS) is 10.1. The summed E-state index contributed by atoms with van der Waals surface area (Å²) in [6.07, 6.45) is 0. The van der Waals surface area contributed by atoms with E-state index in [1.807, 2.05) is 19.1 Å². The SMILES string of the molecule is COc1[c]cc(-n2nnnc2C)cc1. The summed E-state index contributed by atoms with van der Waals surface area (Å²) in [5.74, 6) is 1.43. The largest absolute Gasteiger partial charge is 0.496 e. The first-order valence-electron chi connectivity index (χ1n) is 4.12. The minimum absolute atomic E-state index is 0.694. The summed E-state index contributed by atoms with van der Waals surface area (Å²) in [6, 6.07) is 8.43. The highest BCUT2D eigenvalue weighted by Gasteiger charge is 2.02. The van der Waals surface area contributed by atoms with E-state index in [9.17, 15) is 0 Å². The van der Waals surface area contributed by atoms with Crippen LogP contribution in [-0.2, 0) is 0 Å². The van der Waals surface area contributed by atoms with Gasteiger partial charge >= 0.3 is 0 Å². The molecule has 0 aliphatic heterocycles. The Morgan fingerprint density at radius 3 is 2.79 bits per heavy atom. The standard InChI is InChI=1S/C9H9N4O/c1-7-10-11-12-13(7)8-3-5-9(14-2)6-4-8/h3-5H,1-2H3. The molecule has 5 heteroatoms. The lowest BCUT2D eigenvalue weighted by Gasteiger charge is -2.02. The molecule has 71 valence electrons. The van der Waals surface area contributed by atoms with E-state index in [0.29, 0.717) is 5.75 Å². The van der Waals surface area contributed by atoms with Gasteiger partial charge in [-0.15, -0.1) is 5.10 Å². The van der Waals surface area contributed by atoms with E-state index in [0.717, 1.165) is 11.5 Å². The van der Waals surface area contributed by atoms with E-state index in [-0.39, 0.29) is 0 Å². The van der Waals surface area contributed by atoms with Gasteiger partial charge in [0.1, 0.15) is 5.75 Å². The molecule has 0 fully saturated rings. The summed E-state index contributed by atoms with van der Waals surface area (Å²) in [5, 5.41) is 11.2. The summed E-state index contributed by atoms with van der Waals surface area (Å²) < 4.78 is 6.64. The number of tetrazole rings is 1. The van der Waals surface area contributed by atoms with Gasteiger partial charge in [-0.2, -0.15) is 4.68 Å². The molecular weight excluding hydrogens is 180 g/mol. The van der Waals surface area contributed by atoms with Crippen LogP contribution in [0.3, 0.4) is 0 Å². The maximum Gasteiger partial charge on any atom is 0.153 e. The van der Waals surface area contributed by atoms with Crippen molar-refractivity contribution in [1.29, 1.82) is 0 Å². The highest BCUT2D eigenvalue weighted by molar-refractivity contribution is 5.35. The van der Waals surface area contributed by atoms with Crippen molar-refractivity contribution in [3.63, 3.8) is 0 Å². The summed E-state index contributed by atoms with van der Waals surface area (Å²) in [6.45, 7) is 1.84. The predicted molar refractivity (Wildman–Crippen MR) is 49.3 cm³/mol. The van der Waals surface area contributed by atoms with Crippen LogP contribution in [0, 0.1) is 13.0 Å². The van der Waals surface area contributed by atoms with Gasteiger partial charge in [0.25, 0.3) is 0 Å². The first-order valence-corrected chi connectivity index (χ1v) is 4.12. The molecule has 0 aliphatic rings. The van der Waals surface area contributed by atoms with Gasteiger partial charge in [0.05, 0.1) is 12.8 Å². The van der Waals surface area contributed by atoms with E-state index >= 15 is 0 Å². The summed E-state index contributed by atoms with van der Waals surface area (Å²) in [7, 11) is 1.60. The summed E-state index contributed by atoms with van der Waals surface area (Å²) in [4.78, 5) is 0. The first-order chi connectivity index (χ1) is 6.81. The highest BCUT2D eigenvalue weighted by atomic mass is 16.5. The molecule has 1 aromatic carbocycles. The average Bonchev–Trinajstić information content (AvgIpc) is 2.65. The fourth-order valence-corrected chi connectivity index (χ4v) is 1.13. The number of hydrogen-bond donors (Lipinski definition) is 0. The Bertz CT molecular complexity index is 421. The van der Waals surface area contributed by atoms with Gasteiger partial charge in [0.15, 0.2) is 5.82 Å². The van der Waals surface area contributed by atoms with Crippen LogP contribution in [0.2, 0.25) is 0 Å². The van der Waals surface area contributed by atoms with E-state index in [1.165, 1.54) is 0 Å². The van der Waals surface area contributed by atoms with Gasteiger partial charge < -0.3 is 4.74 Å². The minimum atomic E-state index is 0.694. The molecule has 0 saturated heterocycles. The maximum atomic E-state index is 5.00. The van der Waals surface area contributed by atoms with Crippen molar-refractivity contribution in [2.45, 2.75) is 6.92 Å². The molecule has 0 bridgehead atoms.